The fraction of sp³-hybridized carbons (Fsp3) is 0.174. The molecule has 0 unspecified atom stereocenters. The first-order chi connectivity index (χ1) is 12.7. The Morgan fingerprint density at radius 2 is 1.77 bits per heavy atom. The van der Waals surface area contributed by atoms with Crippen LogP contribution in [0.1, 0.15) is 27.9 Å². The highest BCUT2D eigenvalue weighted by molar-refractivity contribution is 5.88. The quantitative estimate of drug-likeness (QED) is 0.648. The molecule has 1 aromatic heterocycles. The number of fused-ring (bicyclic) bond motifs is 1. The van der Waals surface area contributed by atoms with E-state index in [1.54, 1.807) is 13.3 Å². The van der Waals surface area contributed by atoms with Gasteiger partial charge in [0.1, 0.15) is 18.1 Å². The maximum Gasteiger partial charge on any atom is 0.137 e. The van der Waals surface area contributed by atoms with Crippen LogP contribution in [-0.4, -0.2) is 12.1 Å². The summed E-state index contributed by atoms with van der Waals surface area (Å²) in [5, 5.41) is 0. The van der Waals surface area contributed by atoms with Gasteiger partial charge in [-0.25, -0.2) is 0 Å². The maximum atomic E-state index is 5.91. The number of allylic oxidation sites excluding steroid dienone is 1. The second-order valence-corrected chi connectivity index (χ2v) is 6.55. The summed E-state index contributed by atoms with van der Waals surface area (Å²) in [5.74, 6) is 1.61. The van der Waals surface area contributed by atoms with Crippen LogP contribution >= 0.6 is 0 Å². The summed E-state index contributed by atoms with van der Waals surface area (Å²) < 4.78 is 11.0. The number of hydrogen-bond donors (Lipinski definition) is 0. The van der Waals surface area contributed by atoms with Crippen LogP contribution in [0.25, 0.3) is 11.6 Å². The molecule has 130 valence electrons. The second-order valence-electron chi connectivity index (χ2n) is 6.55. The van der Waals surface area contributed by atoms with E-state index in [1.165, 1.54) is 27.8 Å². The normalized spacial score (nSPS) is 12.5. The summed E-state index contributed by atoms with van der Waals surface area (Å²) in [7, 11) is 1.64. The average Bonchev–Trinajstić information content (AvgIpc) is 3.10. The van der Waals surface area contributed by atoms with Gasteiger partial charge in [0.05, 0.1) is 19.0 Å². The summed E-state index contributed by atoms with van der Waals surface area (Å²) in [6.07, 6.45) is 4.94. The molecule has 0 N–H and O–H groups in total. The van der Waals surface area contributed by atoms with Gasteiger partial charge in [0.2, 0.25) is 0 Å². The zero-order valence-corrected chi connectivity index (χ0v) is 15.0. The van der Waals surface area contributed by atoms with Gasteiger partial charge in [0, 0.05) is 0 Å². The molecule has 0 saturated heterocycles. The number of benzene rings is 2. The molecule has 2 aromatic carbocycles. The van der Waals surface area contributed by atoms with Gasteiger partial charge in [-0.3, -0.25) is 4.98 Å². The SMILES string of the molecule is COc1ccc(COc2ccc3c(c2)C=C(c2ccc(C)cc2)C3)nc1. The van der Waals surface area contributed by atoms with Crippen molar-refractivity contribution in [3.05, 3.63) is 88.7 Å². The predicted molar refractivity (Wildman–Crippen MR) is 104 cm³/mol. The molecule has 3 heteroatoms. The highest BCUT2D eigenvalue weighted by Gasteiger charge is 2.15. The van der Waals surface area contributed by atoms with Gasteiger partial charge in [-0.05, 0) is 59.9 Å². The van der Waals surface area contributed by atoms with Crippen molar-refractivity contribution in [3.63, 3.8) is 0 Å². The molecule has 0 aliphatic heterocycles. The molecule has 1 heterocycles. The summed E-state index contributed by atoms with van der Waals surface area (Å²) in [6, 6.07) is 18.8. The van der Waals surface area contributed by atoms with E-state index < -0.39 is 0 Å². The molecule has 1 aliphatic rings. The lowest BCUT2D eigenvalue weighted by atomic mass is 10.0. The summed E-state index contributed by atoms with van der Waals surface area (Å²) in [6.45, 7) is 2.56. The van der Waals surface area contributed by atoms with Crippen LogP contribution in [0.2, 0.25) is 0 Å². The minimum Gasteiger partial charge on any atom is -0.495 e. The van der Waals surface area contributed by atoms with Crippen LogP contribution in [0.15, 0.2) is 60.8 Å². The molecule has 4 rings (SSSR count). The molecule has 3 aromatic rings. The van der Waals surface area contributed by atoms with Crippen molar-refractivity contribution in [2.45, 2.75) is 20.0 Å². The van der Waals surface area contributed by atoms with Gasteiger partial charge in [0.15, 0.2) is 0 Å². The van der Waals surface area contributed by atoms with E-state index in [0.29, 0.717) is 6.61 Å². The first-order valence-electron chi connectivity index (χ1n) is 8.73. The number of rotatable bonds is 5. The molecule has 0 fully saturated rings. The van der Waals surface area contributed by atoms with E-state index in [4.69, 9.17) is 9.47 Å². The number of aromatic nitrogens is 1. The van der Waals surface area contributed by atoms with Crippen LogP contribution in [0.4, 0.5) is 0 Å². The van der Waals surface area contributed by atoms with Crippen LogP contribution in [-0.2, 0) is 13.0 Å². The van der Waals surface area contributed by atoms with Crippen molar-refractivity contribution in [2.24, 2.45) is 0 Å². The highest BCUT2D eigenvalue weighted by atomic mass is 16.5. The second kappa shape index (κ2) is 7.04. The zero-order chi connectivity index (χ0) is 17.9. The molecule has 1 aliphatic carbocycles. The summed E-state index contributed by atoms with van der Waals surface area (Å²) in [4.78, 5) is 4.33. The van der Waals surface area contributed by atoms with Crippen LogP contribution in [0.3, 0.4) is 0 Å². The van der Waals surface area contributed by atoms with Gasteiger partial charge in [-0.1, -0.05) is 42.0 Å². The first-order valence-corrected chi connectivity index (χ1v) is 8.73. The molecule has 26 heavy (non-hydrogen) atoms. The Morgan fingerprint density at radius 3 is 2.50 bits per heavy atom. The lowest BCUT2D eigenvalue weighted by Gasteiger charge is -2.08. The molecule has 0 radical (unpaired) electrons. The lowest BCUT2D eigenvalue weighted by molar-refractivity contribution is 0.300. The van der Waals surface area contributed by atoms with E-state index >= 15 is 0 Å². The van der Waals surface area contributed by atoms with Crippen molar-refractivity contribution in [2.75, 3.05) is 7.11 Å². The lowest BCUT2D eigenvalue weighted by Crippen LogP contribution is -1.98. The molecule has 3 nitrogen and oxygen atoms in total. The molecule has 0 saturated carbocycles. The van der Waals surface area contributed by atoms with E-state index in [0.717, 1.165) is 23.6 Å². The van der Waals surface area contributed by atoms with Gasteiger partial charge < -0.3 is 9.47 Å². The first kappa shape index (κ1) is 16.4. The van der Waals surface area contributed by atoms with Crippen LogP contribution in [0.5, 0.6) is 11.5 Å². The summed E-state index contributed by atoms with van der Waals surface area (Å²) in [5.41, 5.74) is 7.39. The molecule has 0 bridgehead atoms. The monoisotopic (exact) mass is 343 g/mol. The molecule has 0 spiro atoms. The van der Waals surface area contributed by atoms with Gasteiger partial charge >= 0.3 is 0 Å². The smallest absolute Gasteiger partial charge is 0.137 e. The highest BCUT2D eigenvalue weighted by Crippen LogP contribution is 2.33. The van der Waals surface area contributed by atoms with Gasteiger partial charge in [0.25, 0.3) is 0 Å². The molecular weight excluding hydrogens is 322 g/mol. The average molecular weight is 343 g/mol. The fourth-order valence-electron chi connectivity index (χ4n) is 3.13. The van der Waals surface area contributed by atoms with Crippen molar-refractivity contribution in [1.29, 1.82) is 0 Å². The van der Waals surface area contributed by atoms with Gasteiger partial charge in [-0.15, -0.1) is 0 Å². The largest absolute Gasteiger partial charge is 0.495 e. The van der Waals surface area contributed by atoms with Crippen molar-refractivity contribution in [3.8, 4) is 11.5 Å². The van der Waals surface area contributed by atoms with Crippen molar-refractivity contribution < 1.29 is 9.47 Å². The number of ether oxygens (including phenoxy) is 2. The summed E-state index contributed by atoms with van der Waals surface area (Å²) >= 11 is 0. The van der Waals surface area contributed by atoms with Gasteiger partial charge in [-0.2, -0.15) is 0 Å². The number of pyridine rings is 1. The third kappa shape index (κ3) is 3.47. The standard InChI is InChI=1S/C23H21NO2/c1-16-3-5-17(6-4-16)19-11-18-7-9-22(13-20(18)12-19)26-15-21-8-10-23(25-2)14-24-21/h3-10,12-14H,11,15H2,1-2H3. The molecular formula is C23H21NO2. The Balaban J connectivity index is 1.47. The molecule has 0 amide bonds. The predicted octanol–water partition coefficient (Wildman–Crippen LogP) is 5.07. The van der Waals surface area contributed by atoms with E-state index in [2.05, 4.69) is 54.4 Å². The number of nitrogens with zero attached hydrogens (tertiary/aromatic N) is 1. The molecule has 0 atom stereocenters. The Morgan fingerprint density at radius 1 is 0.962 bits per heavy atom. The van der Waals surface area contributed by atoms with E-state index in [9.17, 15) is 0 Å². The maximum absolute atomic E-state index is 5.91. The third-order valence-electron chi connectivity index (χ3n) is 4.67. The van der Waals surface area contributed by atoms with E-state index in [-0.39, 0.29) is 0 Å². The zero-order valence-electron chi connectivity index (χ0n) is 15.0. The fourth-order valence-corrected chi connectivity index (χ4v) is 3.13. The Kier molecular flexibility index (Phi) is 4.44. The Labute approximate surface area is 153 Å². The van der Waals surface area contributed by atoms with Crippen LogP contribution in [0, 0.1) is 6.92 Å². The van der Waals surface area contributed by atoms with Crippen molar-refractivity contribution in [1.82, 2.24) is 4.98 Å². The number of methoxy groups -OCH3 is 1. The third-order valence-corrected chi connectivity index (χ3v) is 4.67. The van der Waals surface area contributed by atoms with Crippen LogP contribution < -0.4 is 9.47 Å². The van der Waals surface area contributed by atoms with Crippen molar-refractivity contribution >= 4 is 11.6 Å². The van der Waals surface area contributed by atoms with E-state index in [1.807, 2.05) is 18.2 Å². The Hall–Kier alpha value is -3.07. The Bertz CT molecular complexity index is 941. The minimum absolute atomic E-state index is 0.442. The minimum atomic E-state index is 0.442. The number of aryl methyl sites for hydroxylation is 1. The topological polar surface area (TPSA) is 31.4 Å². The number of hydrogen-bond acceptors (Lipinski definition) is 3.